The lowest BCUT2D eigenvalue weighted by molar-refractivity contribution is -0.661. The van der Waals surface area contributed by atoms with Crippen LogP contribution in [0.15, 0.2) is 36.5 Å². The van der Waals surface area contributed by atoms with Gasteiger partial charge in [0.15, 0.2) is 5.52 Å². The van der Waals surface area contributed by atoms with Crippen molar-refractivity contribution in [2.24, 2.45) is 7.05 Å². The van der Waals surface area contributed by atoms with E-state index in [1.165, 1.54) is 64.4 Å². The molecule has 25 heavy (non-hydrogen) atoms. The number of rotatable bonds is 2. The van der Waals surface area contributed by atoms with Gasteiger partial charge in [-0.25, -0.2) is 4.57 Å². The number of fused-ring (bicyclic) bond motifs is 1. The standard InChI is InChI=1S/C23H27N2/c1-15-12-16(2)17(3)21(13-15)23-24-22-19(14-25(23)4)10-7-11-20(22)18-8-5-6-9-18/h7,10-14,18H,5-6,8-9H2,1-4H3/q+1. The van der Waals surface area contributed by atoms with Crippen LogP contribution >= 0.6 is 0 Å². The fourth-order valence-corrected chi connectivity index (χ4v) is 4.36. The SMILES string of the molecule is Cc1cc(C)c(C)c(-c2nc3c(C4CCCC4)cccc3c[n+]2C)c1. The highest BCUT2D eigenvalue weighted by Crippen LogP contribution is 2.37. The van der Waals surface area contributed by atoms with E-state index in [1.54, 1.807) is 0 Å². The third kappa shape index (κ3) is 2.84. The van der Waals surface area contributed by atoms with Gasteiger partial charge in [0.25, 0.3) is 0 Å². The first kappa shape index (κ1) is 16.3. The first-order valence-corrected chi connectivity index (χ1v) is 9.42. The quantitative estimate of drug-likeness (QED) is 0.582. The summed E-state index contributed by atoms with van der Waals surface area (Å²) < 4.78 is 2.18. The summed E-state index contributed by atoms with van der Waals surface area (Å²) >= 11 is 0. The Labute approximate surface area is 150 Å². The summed E-state index contributed by atoms with van der Waals surface area (Å²) in [6, 6.07) is 11.2. The van der Waals surface area contributed by atoms with Crippen molar-refractivity contribution in [1.29, 1.82) is 0 Å². The number of benzene rings is 2. The Morgan fingerprint density at radius 1 is 1.04 bits per heavy atom. The lowest BCUT2D eigenvalue weighted by atomic mass is 9.95. The van der Waals surface area contributed by atoms with Gasteiger partial charge in [0, 0.05) is 5.56 Å². The molecular formula is C23H27N2+. The molecule has 0 saturated heterocycles. The van der Waals surface area contributed by atoms with E-state index in [0.29, 0.717) is 5.92 Å². The van der Waals surface area contributed by atoms with Crippen LogP contribution in [0.2, 0.25) is 0 Å². The van der Waals surface area contributed by atoms with Crippen LogP contribution in [0.1, 0.15) is 53.9 Å². The van der Waals surface area contributed by atoms with E-state index in [9.17, 15) is 0 Å². The Bertz CT molecular complexity index is 950. The number of nitrogens with zero attached hydrogens (tertiary/aromatic N) is 2. The lowest BCUT2D eigenvalue weighted by Gasteiger charge is -2.12. The van der Waals surface area contributed by atoms with Crippen LogP contribution < -0.4 is 4.57 Å². The monoisotopic (exact) mass is 331 g/mol. The van der Waals surface area contributed by atoms with Gasteiger partial charge in [-0.1, -0.05) is 31.0 Å². The molecular weight excluding hydrogens is 304 g/mol. The van der Waals surface area contributed by atoms with Gasteiger partial charge in [-0.15, -0.1) is 0 Å². The van der Waals surface area contributed by atoms with Gasteiger partial charge >= 0.3 is 5.82 Å². The molecule has 0 atom stereocenters. The third-order valence-electron chi connectivity index (χ3n) is 5.83. The molecule has 1 fully saturated rings. The van der Waals surface area contributed by atoms with Crippen LogP contribution in [-0.2, 0) is 7.05 Å². The molecule has 2 heteroatoms. The maximum Gasteiger partial charge on any atom is 0.331 e. The van der Waals surface area contributed by atoms with Crippen LogP contribution in [0.25, 0.3) is 22.3 Å². The van der Waals surface area contributed by atoms with Gasteiger partial charge in [-0.2, -0.15) is 0 Å². The maximum absolute atomic E-state index is 5.20. The van der Waals surface area contributed by atoms with E-state index in [0.717, 1.165) is 5.82 Å². The number of hydrogen-bond donors (Lipinski definition) is 0. The summed E-state index contributed by atoms with van der Waals surface area (Å²) in [5.41, 5.74) is 7.85. The van der Waals surface area contributed by atoms with Crippen molar-refractivity contribution < 1.29 is 4.57 Å². The highest BCUT2D eigenvalue weighted by molar-refractivity contribution is 5.82. The van der Waals surface area contributed by atoms with E-state index < -0.39 is 0 Å². The Morgan fingerprint density at radius 2 is 1.80 bits per heavy atom. The molecule has 128 valence electrons. The topological polar surface area (TPSA) is 16.8 Å². The molecule has 0 N–H and O–H groups in total. The van der Waals surface area contributed by atoms with E-state index in [4.69, 9.17) is 4.98 Å². The van der Waals surface area contributed by atoms with Crippen molar-refractivity contribution >= 4 is 10.9 Å². The van der Waals surface area contributed by atoms with Crippen molar-refractivity contribution in [2.75, 3.05) is 0 Å². The molecule has 1 aliphatic rings. The van der Waals surface area contributed by atoms with Gasteiger partial charge in [0.05, 0.1) is 18.0 Å². The minimum Gasteiger partial charge on any atom is -0.232 e. The highest BCUT2D eigenvalue weighted by atomic mass is 15.0. The number of hydrogen-bond acceptors (Lipinski definition) is 1. The van der Waals surface area contributed by atoms with Crippen molar-refractivity contribution in [2.45, 2.75) is 52.4 Å². The van der Waals surface area contributed by atoms with Crippen LogP contribution in [0.4, 0.5) is 0 Å². The Hall–Kier alpha value is -2.22. The van der Waals surface area contributed by atoms with E-state index in [-0.39, 0.29) is 0 Å². The molecule has 3 aromatic rings. The molecule has 0 aliphatic heterocycles. The van der Waals surface area contributed by atoms with Crippen molar-refractivity contribution in [3.05, 3.63) is 58.8 Å². The van der Waals surface area contributed by atoms with E-state index >= 15 is 0 Å². The van der Waals surface area contributed by atoms with Gasteiger partial charge in [-0.05, 0) is 73.3 Å². The summed E-state index contributed by atoms with van der Waals surface area (Å²) in [5, 5.41) is 1.25. The molecule has 2 nitrogen and oxygen atoms in total. The van der Waals surface area contributed by atoms with Gasteiger partial charge < -0.3 is 0 Å². The molecule has 0 amide bonds. The molecule has 2 aromatic carbocycles. The second-order valence-corrected chi connectivity index (χ2v) is 7.70. The number of para-hydroxylation sites is 1. The molecule has 1 saturated carbocycles. The van der Waals surface area contributed by atoms with Gasteiger partial charge in [0.2, 0.25) is 0 Å². The predicted molar refractivity (Wildman–Crippen MR) is 104 cm³/mol. The largest absolute Gasteiger partial charge is 0.331 e. The Morgan fingerprint density at radius 3 is 2.56 bits per heavy atom. The molecule has 1 aromatic heterocycles. The normalized spacial score (nSPS) is 15.2. The molecule has 4 rings (SSSR count). The molecule has 0 unspecified atom stereocenters. The first-order chi connectivity index (χ1) is 12.0. The fourth-order valence-electron chi connectivity index (χ4n) is 4.36. The molecule has 1 heterocycles. The van der Waals surface area contributed by atoms with Crippen LogP contribution in [0.5, 0.6) is 0 Å². The number of aromatic nitrogens is 2. The first-order valence-electron chi connectivity index (χ1n) is 9.42. The minimum absolute atomic E-state index is 0.678. The maximum atomic E-state index is 5.20. The van der Waals surface area contributed by atoms with Crippen LogP contribution in [0, 0.1) is 20.8 Å². The summed E-state index contributed by atoms with van der Waals surface area (Å²) in [6.45, 7) is 6.57. The average molecular weight is 331 g/mol. The van der Waals surface area contributed by atoms with Crippen LogP contribution in [0.3, 0.4) is 0 Å². The smallest absolute Gasteiger partial charge is 0.232 e. The number of aryl methyl sites for hydroxylation is 3. The van der Waals surface area contributed by atoms with Gasteiger partial charge in [-0.3, -0.25) is 0 Å². The zero-order chi connectivity index (χ0) is 17.6. The second kappa shape index (κ2) is 6.25. The molecule has 0 spiro atoms. The van der Waals surface area contributed by atoms with E-state index in [1.807, 2.05) is 0 Å². The van der Waals surface area contributed by atoms with Crippen molar-refractivity contribution in [3.63, 3.8) is 0 Å². The second-order valence-electron chi connectivity index (χ2n) is 7.70. The minimum atomic E-state index is 0.678. The summed E-state index contributed by atoms with van der Waals surface area (Å²) in [5.74, 6) is 1.75. The fraction of sp³-hybridized carbons (Fsp3) is 0.391. The van der Waals surface area contributed by atoms with Gasteiger partial charge in [0.1, 0.15) is 6.20 Å². The molecule has 1 aliphatic carbocycles. The zero-order valence-corrected chi connectivity index (χ0v) is 15.8. The Balaban J connectivity index is 1.96. The molecule has 0 bridgehead atoms. The van der Waals surface area contributed by atoms with Crippen LogP contribution in [-0.4, -0.2) is 4.98 Å². The van der Waals surface area contributed by atoms with Crippen molar-refractivity contribution in [3.8, 4) is 11.4 Å². The highest BCUT2D eigenvalue weighted by Gasteiger charge is 2.25. The predicted octanol–water partition coefficient (Wildman–Crippen LogP) is 5.31. The summed E-state index contributed by atoms with van der Waals surface area (Å²) in [6.07, 6.45) is 7.56. The van der Waals surface area contributed by atoms with E-state index in [2.05, 4.69) is 68.9 Å². The lowest BCUT2D eigenvalue weighted by Crippen LogP contribution is -2.32. The molecule has 0 radical (unpaired) electrons. The Kier molecular flexibility index (Phi) is 4.07. The zero-order valence-electron chi connectivity index (χ0n) is 15.8. The van der Waals surface area contributed by atoms with Crippen molar-refractivity contribution in [1.82, 2.24) is 4.98 Å². The summed E-state index contributed by atoms with van der Waals surface area (Å²) in [4.78, 5) is 5.20. The third-order valence-corrected chi connectivity index (χ3v) is 5.83. The summed E-state index contributed by atoms with van der Waals surface area (Å²) in [7, 11) is 2.11. The average Bonchev–Trinajstić information content (AvgIpc) is 3.11.